The second-order valence-electron chi connectivity index (χ2n) is 9.12. The molecule has 1 N–H and O–H groups in total. The van der Waals surface area contributed by atoms with E-state index in [1.54, 1.807) is 18.3 Å². The molecule has 2 aromatic carbocycles. The zero-order valence-electron chi connectivity index (χ0n) is 20.5. The molecule has 2 aliphatic heterocycles. The Morgan fingerprint density at radius 1 is 1.14 bits per heavy atom. The standard InChI is InChI=1S/C28H30FN3O5/c29-21-5-3-7-23(14-21)37-27(28(33)31-15-22-6-1-2-11-30-22)18-32(17-24-8-4-12-34-24)16-20-9-10-25-26(13-20)36-19-35-25/h1-3,5-7,9-11,13-14,24,27H,4,8,12,15-19H2,(H,31,33)/t24-,27+/m1/s1. The number of hydrogen-bond donors (Lipinski definition) is 1. The lowest BCUT2D eigenvalue weighted by atomic mass is 10.1. The van der Waals surface area contributed by atoms with Gasteiger partial charge in [-0.3, -0.25) is 14.7 Å². The van der Waals surface area contributed by atoms with E-state index in [0.29, 0.717) is 18.8 Å². The molecule has 5 rings (SSSR count). The first-order valence-corrected chi connectivity index (χ1v) is 12.4. The van der Waals surface area contributed by atoms with Crippen LogP contribution in [0.1, 0.15) is 24.1 Å². The van der Waals surface area contributed by atoms with Crippen LogP contribution < -0.4 is 19.5 Å². The number of nitrogens with one attached hydrogen (secondary N) is 1. The predicted octanol–water partition coefficient (Wildman–Crippen LogP) is 3.69. The van der Waals surface area contributed by atoms with E-state index in [-0.39, 0.29) is 37.6 Å². The molecule has 0 aliphatic carbocycles. The van der Waals surface area contributed by atoms with Crippen LogP contribution in [0.4, 0.5) is 4.39 Å². The van der Waals surface area contributed by atoms with Gasteiger partial charge in [0.05, 0.1) is 18.3 Å². The summed E-state index contributed by atoms with van der Waals surface area (Å²) >= 11 is 0. The van der Waals surface area contributed by atoms with Gasteiger partial charge in [-0.25, -0.2) is 4.39 Å². The van der Waals surface area contributed by atoms with E-state index in [4.69, 9.17) is 18.9 Å². The van der Waals surface area contributed by atoms with E-state index in [1.165, 1.54) is 12.1 Å². The lowest BCUT2D eigenvalue weighted by Crippen LogP contribution is -2.47. The number of hydrogen-bond acceptors (Lipinski definition) is 7. The third kappa shape index (κ3) is 6.96. The molecule has 2 atom stereocenters. The van der Waals surface area contributed by atoms with Gasteiger partial charge in [-0.15, -0.1) is 0 Å². The van der Waals surface area contributed by atoms with Crippen molar-refractivity contribution in [3.8, 4) is 17.2 Å². The van der Waals surface area contributed by atoms with Gasteiger partial charge in [0, 0.05) is 38.5 Å². The molecule has 1 saturated heterocycles. The average molecular weight is 508 g/mol. The van der Waals surface area contributed by atoms with Crippen molar-refractivity contribution < 1.29 is 28.1 Å². The zero-order chi connectivity index (χ0) is 25.5. The van der Waals surface area contributed by atoms with Crippen molar-refractivity contribution in [1.29, 1.82) is 0 Å². The smallest absolute Gasteiger partial charge is 0.262 e. The number of rotatable bonds is 11. The molecule has 1 amide bonds. The van der Waals surface area contributed by atoms with Crippen LogP contribution >= 0.6 is 0 Å². The molecule has 0 bridgehead atoms. The molecule has 9 heteroatoms. The number of benzene rings is 2. The van der Waals surface area contributed by atoms with Gasteiger partial charge >= 0.3 is 0 Å². The Morgan fingerprint density at radius 2 is 2.05 bits per heavy atom. The molecule has 1 fully saturated rings. The van der Waals surface area contributed by atoms with Crippen LogP contribution in [-0.4, -0.2) is 54.5 Å². The molecule has 1 aromatic heterocycles. The van der Waals surface area contributed by atoms with E-state index < -0.39 is 11.9 Å². The second kappa shape index (κ2) is 12.0. The number of ether oxygens (including phenoxy) is 4. The van der Waals surface area contributed by atoms with Crippen molar-refractivity contribution in [3.05, 3.63) is 83.9 Å². The highest BCUT2D eigenvalue weighted by molar-refractivity contribution is 5.81. The number of pyridine rings is 1. The van der Waals surface area contributed by atoms with Crippen LogP contribution in [0.25, 0.3) is 0 Å². The van der Waals surface area contributed by atoms with Gasteiger partial charge in [0.25, 0.3) is 5.91 Å². The SMILES string of the molecule is O=C(NCc1ccccn1)[C@H](CN(Cc1ccc2c(c1)OCO2)C[C@H]1CCCO1)Oc1cccc(F)c1. The lowest BCUT2D eigenvalue weighted by molar-refractivity contribution is -0.129. The molecule has 0 spiro atoms. The second-order valence-corrected chi connectivity index (χ2v) is 9.12. The van der Waals surface area contributed by atoms with Gasteiger partial charge in [0.15, 0.2) is 17.6 Å². The Hall–Kier alpha value is -3.69. The van der Waals surface area contributed by atoms with Crippen molar-refractivity contribution in [3.63, 3.8) is 0 Å². The maximum atomic E-state index is 13.9. The van der Waals surface area contributed by atoms with Gasteiger partial charge < -0.3 is 24.3 Å². The molecular formula is C28H30FN3O5. The summed E-state index contributed by atoms with van der Waals surface area (Å²) in [6, 6.07) is 17.2. The number of amides is 1. The van der Waals surface area contributed by atoms with Gasteiger partial charge in [-0.2, -0.15) is 0 Å². The van der Waals surface area contributed by atoms with Crippen molar-refractivity contribution in [2.75, 3.05) is 26.5 Å². The highest BCUT2D eigenvalue weighted by atomic mass is 19.1. The maximum Gasteiger partial charge on any atom is 0.262 e. The quantitative estimate of drug-likeness (QED) is 0.424. The summed E-state index contributed by atoms with van der Waals surface area (Å²) in [6.07, 6.45) is 2.83. The summed E-state index contributed by atoms with van der Waals surface area (Å²) in [5.41, 5.74) is 1.75. The van der Waals surface area contributed by atoms with E-state index in [9.17, 15) is 9.18 Å². The Kier molecular flexibility index (Phi) is 8.12. The van der Waals surface area contributed by atoms with E-state index >= 15 is 0 Å². The minimum absolute atomic E-state index is 0.0698. The van der Waals surface area contributed by atoms with Gasteiger partial charge in [0.1, 0.15) is 11.6 Å². The fourth-order valence-electron chi connectivity index (χ4n) is 4.48. The molecular weight excluding hydrogens is 477 g/mol. The topological polar surface area (TPSA) is 82.2 Å². The highest BCUT2D eigenvalue weighted by Gasteiger charge is 2.27. The van der Waals surface area contributed by atoms with E-state index in [0.717, 1.165) is 36.5 Å². The van der Waals surface area contributed by atoms with Gasteiger partial charge in [-0.05, 0) is 54.8 Å². The van der Waals surface area contributed by atoms with Crippen LogP contribution in [-0.2, 0) is 22.6 Å². The first-order valence-electron chi connectivity index (χ1n) is 12.4. The zero-order valence-corrected chi connectivity index (χ0v) is 20.5. The molecule has 0 radical (unpaired) electrons. The Labute approximate surface area is 215 Å². The third-order valence-electron chi connectivity index (χ3n) is 6.29. The van der Waals surface area contributed by atoms with Crippen LogP contribution in [0.3, 0.4) is 0 Å². The summed E-state index contributed by atoms with van der Waals surface area (Å²) < 4.78 is 36.8. The third-order valence-corrected chi connectivity index (χ3v) is 6.29. The van der Waals surface area contributed by atoms with Crippen LogP contribution in [0.2, 0.25) is 0 Å². The first kappa shape index (κ1) is 25.0. The molecule has 2 aliphatic rings. The van der Waals surface area contributed by atoms with E-state index in [2.05, 4.69) is 15.2 Å². The number of carbonyl (C=O) groups is 1. The Morgan fingerprint density at radius 3 is 2.86 bits per heavy atom. The fourth-order valence-corrected chi connectivity index (χ4v) is 4.48. The number of fused-ring (bicyclic) bond motifs is 1. The minimum atomic E-state index is -0.888. The Bertz CT molecular complexity index is 1190. The molecule has 3 heterocycles. The van der Waals surface area contributed by atoms with Crippen molar-refractivity contribution in [2.45, 2.75) is 38.1 Å². The van der Waals surface area contributed by atoms with Gasteiger partial charge in [0.2, 0.25) is 6.79 Å². The molecule has 0 saturated carbocycles. The van der Waals surface area contributed by atoms with Crippen LogP contribution in [0.15, 0.2) is 66.9 Å². The maximum absolute atomic E-state index is 13.9. The van der Waals surface area contributed by atoms with Crippen molar-refractivity contribution in [1.82, 2.24) is 15.2 Å². The van der Waals surface area contributed by atoms with E-state index in [1.807, 2.05) is 36.4 Å². The monoisotopic (exact) mass is 507 g/mol. The van der Waals surface area contributed by atoms with Crippen molar-refractivity contribution in [2.24, 2.45) is 0 Å². The summed E-state index contributed by atoms with van der Waals surface area (Å²) in [7, 11) is 0. The summed E-state index contributed by atoms with van der Waals surface area (Å²) in [4.78, 5) is 19.7. The Balaban J connectivity index is 1.34. The average Bonchev–Trinajstić information content (AvgIpc) is 3.59. The molecule has 194 valence electrons. The summed E-state index contributed by atoms with van der Waals surface area (Å²) in [5.74, 6) is 0.976. The molecule has 3 aromatic rings. The molecule has 8 nitrogen and oxygen atoms in total. The first-order chi connectivity index (χ1) is 18.1. The highest BCUT2D eigenvalue weighted by Crippen LogP contribution is 2.33. The summed E-state index contributed by atoms with van der Waals surface area (Å²) in [6.45, 7) is 2.65. The minimum Gasteiger partial charge on any atom is -0.479 e. The van der Waals surface area contributed by atoms with Gasteiger partial charge in [-0.1, -0.05) is 18.2 Å². The van der Waals surface area contributed by atoms with Crippen molar-refractivity contribution >= 4 is 5.91 Å². The number of aromatic nitrogens is 1. The lowest BCUT2D eigenvalue weighted by Gasteiger charge is -2.29. The largest absolute Gasteiger partial charge is 0.479 e. The fraction of sp³-hybridized carbons (Fsp3) is 0.357. The predicted molar refractivity (Wildman–Crippen MR) is 134 cm³/mol. The van der Waals surface area contributed by atoms with Crippen LogP contribution in [0, 0.1) is 5.82 Å². The number of nitrogens with zero attached hydrogens (tertiary/aromatic N) is 2. The molecule has 0 unspecified atom stereocenters. The van der Waals surface area contributed by atoms with Crippen LogP contribution in [0.5, 0.6) is 17.2 Å². The normalized spacial score (nSPS) is 17.1. The number of halogens is 1. The number of carbonyl (C=O) groups excluding carboxylic acids is 1. The summed E-state index contributed by atoms with van der Waals surface area (Å²) in [5, 5.41) is 2.92. The molecule has 37 heavy (non-hydrogen) atoms.